The van der Waals surface area contributed by atoms with Gasteiger partial charge in [-0.2, -0.15) is 0 Å². The fraction of sp³-hybridized carbons (Fsp3) is 0.136. The van der Waals surface area contributed by atoms with Crippen molar-refractivity contribution < 1.29 is 18.7 Å². The smallest absolute Gasteiger partial charge is 0.317 e. The lowest BCUT2D eigenvalue weighted by molar-refractivity contribution is -0.150. The topological polar surface area (TPSA) is 81.4 Å². The summed E-state index contributed by atoms with van der Waals surface area (Å²) in [5.41, 5.74) is 2.04. The number of esters is 1. The third-order valence-electron chi connectivity index (χ3n) is 4.28. The predicted octanol–water partition coefficient (Wildman–Crippen LogP) is 4.64. The number of para-hydroxylation sites is 2. The summed E-state index contributed by atoms with van der Waals surface area (Å²) in [7, 11) is 0. The number of aromatic nitrogens is 1. The van der Waals surface area contributed by atoms with Crippen LogP contribution >= 0.6 is 11.8 Å². The minimum atomic E-state index is -0.918. The van der Waals surface area contributed by atoms with Crippen LogP contribution in [0, 0.1) is 0 Å². The zero-order valence-corrected chi connectivity index (χ0v) is 16.4. The Morgan fingerprint density at radius 1 is 1.07 bits per heavy atom. The molecule has 0 unspecified atom stereocenters. The maximum atomic E-state index is 12.3. The van der Waals surface area contributed by atoms with E-state index in [2.05, 4.69) is 10.3 Å². The summed E-state index contributed by atoms with van der Waals surface area (Å²) in [5, 5.41) is 5.27. The van der Waals surface area contributed by atoms with Gasteiger partial charge in [-0.25, -0.2) is 4.98 Å². The Hall–Kier alpha value is -3.32. The fourth-order valence-corrected chi connectivity index (χ4v) is 3.45. The van der Waals surface area contributed by atoms with Gasteiger partial charge in [0.25, 0.3) is 11.1 Å². The zero-order chi connectivity index (χ0) is 20.2. The van der Waals surface area contributed by atoms with E-state index < -0.39 is 12.1 Å². The SMILES string of the molecule is C[C@H](OC(=O)CSc1nc2ccccc2o1)C(=O)Nc1ccc2ccccc2c1. The summed E-state index contributed by atoms with van der Waals surface area (Å²) in [4.78, 5) is 28.7. The Morgan fingerprint density at radius 3 is 2.66 bits per heavy atom. The Bertz CT molecular complexity index is 1150. The van der Waals surface area contributed by atoms with Gasteiger partial charge in [0.2, 0.25) is 0 Å². The second kappa shape index (κ2) is 8.36. The number of rotatable bonds is 6. The molecule has 0 aliphatic rings. The molecule has 1 amide bonds. The monoisotopic (exact) mass is 406 g/mol. The number of nitrogens with zero attached hydrogens (tertiary/aromatic N) is 1. The van der Waals surface area contributed by atoms with Crippen LogP contribution in [0.2, 0.25) is 0 Å². The minimum Gasteiger partial charge on any atom is -0.452 e. The van der Waals surface area contributed by atoms with E-state index in [0.717, 1.165) is 28.1 Å². The molecular formula is C22H18N2O4S. The number of carbonyl (C=O) groups is 2. The van der Waals surface area contributed by atoms with E-state index in [9.17, 15) is 9.59 Å². The molecule has 0 aliphatic carbocycles. The van der Waals surface area contributed by atoms with Crippen molar-refractivity contribution in [3.8, 4) is 0 Å². The van der Waals surface area contributed by atoms with Crippen LogP contribution in [0.1, 0.15) is 6.92 Å². The van der Waals surface area contributed by atoms with Gasteiger partial charge in [0, 0.05) is 5.69 Å². The van der Waals surface area contributed by atoms with E-state index in [-0.39, 0.29) is 11.7 Å². The van der Waals surface area contributed by atoms with Crippen LogP contribution < -0.4 is 5.32 Å². The number of carbonyl (C=O) groups excluding carboxylic acids is 2. The van der Waals surface area contributed by atoms with Gasteiger partial charge in [-0.1, -0.05) is 54.2 Å². The fourth-order valence-electron chi connectivity index (χ4n) is 2.83. The summed E-state index contributed by atoms with van der Waals surface area (Å²) in [6, 6.07) is 20.9. The first kappa shape index (κ1) is 19.0. The van der Waals surface area contributed by atoms with Crippen molar-refractivity contribution in [2.24, 2.45) is 0 Å². The number of thioether (sulfide) groups is 1. The number of oxazole rings is 1. The van der Waals surface area contributed by atoms with Crippen LogP contribution in [0.4, 0.5) is 5.69 Å². The van der Waals surface area contributed by atoms with Crippen molar-refractivity contribution in [2.75, 3.05) is 11.1 Å². The molecule has 29 heavy (non-hydrogen) atoms. The Balaban J connectivity index is 1.30. The van der Waals surface area contributed by atoms with Crippen molar-refractivity contribution in [3.05, 3.63) is 66.7 Å². The third kappa shape index (κ3) is 4.57. The lowest BCUT2D eigenvalue weighted by atomic mass is 10.1. The molecule has 0 radical (unpaired) electrons. The molecule has 1 atom stereocenters. The number of hydrogen-bond acceptors (Lipinski definition) is 6. The highest BCUT2D eigenvalue weighted by Gasteiger charge is 2.19. The van der Waals surface area contributed by atoms with E-state index in [0.29, 0.717) is 16.5 Å². The molecule has 1 heterocycles. The van der Waals surface area contributed by atoms with Gasteiger partial charge in [0.05, 0.1) is 0 Å². The van der Waals surface area contributed by atoms with Gasteiger partial charge in [0.1, 0.15) is 11.3 Å². The largest absolute Gasteiger partial charge is 0.452 e. The van der Waals surface area contributed by atoms with Crippen molar-refractivity contribution in [1.82, 2.24) is 4.98 Å². The third-order valence-corrected chi connectivity index (χ3v) is 5.08. The molecule has 0 spiro atoms. The average molecular weight is 406 g/mol. The molecule has 0 fully saturated rings. The quantitative estimate of drug-likeness (QED) is 0.371. The Kier molecular flexibility index (Phi) is 5.48. The minimum absolute atomic E-state index is 0.000413. The molecule has 0 saturated carbocycles. The lowest BCUT2D eigenvalue weighted by Gasteiger charge is -2.13. The number of hydrogen-bond donors (Lipinski definition) is 1. The highest BCUT2D eigenvalue weighted by Crippen LogP contribution is 2.23. The number of fused-ring (bicyclic) bond motifs is 2. The first-order valence-electron chi connectivity index (χ1n) is 9.06. The van der Waals surface area contributed by atoms with Crippen molar-refractivity contribution >= 4 is 51.2 Å². The van der Waals surface area contributed by atoms with Gasteiger partial charge in [-0.15, -0.1) is 0 Å². The normalized spacial score (nSPS) is 12.0. The Morgan fingerprint density at radius 2 is 1.83 bits per heavy atom. The summed E-state index contributed by atoms with van der Waals surface area (Å²) in [6.45, 7) is 1.54. The number of amides is 1. The molecular weight excluding hydrogens is 388 g/mol. The molecule has 1 aromatic heterocycles. The van der Waals surface area contributed by atoms with Crippen molar-refractivity contribution in [2.45, 2.75) is 18.3 Å². The first-order valence-corrected chi connectivity index (χ1v) is 10.0. The van der Waals surface area contributed by atoms with Crippen LogP contribution in [0.25, 0.3) is 21.9 Å². The first-order chi connectivity index (χ1) is 14.1. The van der Waals surface area contributed by atoms with Crippen LogP contribution in [0.5, 0.6) is 0 Å². The Labute approximate surface area is 171 Å². The molecule has 3 aromatic carbocycles. The molecule has 1 N–H and O–H groups in total. The number of benzene rings is 3. The molecule has 4 rings (SSSR count). The summed E-state index contributed by atoms with van der Waals surface area (Å²) >= 11 is 1.13. The van der Waals surface area contributed by atoms with Gasteiger partial charge < -0.3 is 14.5 Å². The van der Waals surface area contributed by atoms with Gasteiger partial charge in [-0.05, 0) is 42.0 Å². The van der Waals surface area contributed by atoms with Crippen LogP contribution in [0.3, 0.4) is 0 Å². The summed E-state index contributed by atoms with van der Waals surface area (Å²) in [6.07, 6.45) is -0.918. The van der Waals surface area contributed by atoms with Crippen molar-refractivity contribution in [1.29, 1.82) is 0 Å². The van der Waals surface area contributed by atoms with E-state index in [1.165, 1.54) is 0 Å². The summed E-state index contributed by atoms with van der Waals surface area (Å²) < 4.78 is 10.8. The zero-order valence-electron chi connectivity index (χ0n) is 15.6. The number of ether oxygens (including phenoxy) is 1. The standard InChI is InChI=1S/C22H18N2O4S/c1-14(21(26)23-17-11-10-15-6-2-3-7-16(15)12-17)27-20(25)13-29-22-24-18-8-4-5-9-19(18)28-22/h2-12,14H,13H2,1H3,(H,23,26)/t14-/m0/s1. The maximum absolute atomic E-state index is 12.3. The molecule has 7 heteroatoms. The van der Waals surface area contributed by atoms with Crippen molar-refractivity contribution in [3.63, 3.8) is 0 Å². The predicted molar refractivity (Wildman–Crippen MR) is 113 cm³/mol. The average Bonchev–Trinajstić information content (AvgIpc) is 3.15. The van der Waals surface area contributed by atoms with Gasteiger partial charge in [0.15, 0.2) is 11.7 Å². The molecule has 6 nitrogen and oxygen atoms in total. The lowest BCUT2D eigenvalue weighted by Crippen LogP contribution is -2.30. The molecule has 0 aliphatic heterocycles. The highest BCUT2D eigenvalue weighted by atomic mass is 32.2. The van der Waals surface area contributed by atoms with E-state index in [4.69, 9.17) is 9.15 Å². The molecule has 0 bridgehead atoms. The van der Waals surface area contributed by atoms with Crippen LogP contribution in [-0.4, -0.2) is 28.7 Å². The number of nitrogens with one attached hydrogen (secondary N) is 1. The van der Waals surface area contributed by atoms with E-state index in [1.807, 2.05) is 66.7 Å². The molecule has 0 saturated heterocycles. The summed E-state index contributed by atoms with van der Waals surface area (Å²) in [5.74, 6) is -0.903. The maximum Gasteiger partial charge on any atom is 0.317 e. The van der Waals surface area contributed by atoms with Crippen LogP contribution in [-0.2, 0) is 14.3 Å². The second-order valence-electron chi connectivity index (χ2n) is 6.42. The highest BCUT2D eigenvalue weighted by molar-refractivity contribution is 7.99. The van der Waals surface area contributed by atoms with Gasteiger partial charge in [-0.3, -0.25) is 9.59 Å². The number of anilines is 1. The second-order valence-corrected chi connectivity index (χ2v) is 7.35. The van der Waals surface area contributed by atoms with Crippen LogP contribution in [0.15, 0.2) is 76.4 Å². The molecule has 4 aromatic rings. The van der Waals surface area contributed by atoms with E-state index in [1.54, 1.807) is 6.92 Å². The van der Waals surface area contributed by atoms with E-state index >= 15 is 0 Å². The molecule has 146 valence electrons. The van der Waals surface area contributed by atoms with Gasteiger partial charge >= 0.3 is 5.97 Å².